The molecular weight excluding hydrogens is 362 g/mol. The van der Waals surface area contributed by atoms with Gasteiger partial charge in [-0.1, -0.05) is 0 Å². The van der Waals surface area contributed by atoms with E-state index < -0.39 is 11.6 Å². The predicted octanol–water partition coefficient (Wildman–Crippen LogP) is -0.526. The first-order chi connectivity index (χ1) is 13.4. The maximum Gasteiger partial charge on any atom is 0.325 e. The van der Waals surface area contributed by atoms with Gasteiger partial charge < -0.3 is 15.1 Å². The van der Waals surface area contributed by atoms with E-state index in [9.17, 15) is 19.2 Å². The third-order valence-corrected chi connectivity index (χ3v) is 6.53. The third kappa shape index (κ3) is 3.59. The average molecular weight is 391 g/mol. The molecule has 3 aliphatic heterocycles. The summed E-state index contributed by atoms with van der Waals surface area (Å²) < 4.78 is 0. The van der Waals surface area contributed by atoms with Crippen molar-refractivity contribution in [2.45, 2.75) is 38.1 Å². The van der Waals surface area contributed by atoms with Crippen molar-refractivity contribution >= 4 is 23.8 Å². The topological polar surface area (TPSA) is 93.3 Å². The number of hydrogen-bond acceptors (Lipinski definition) is 5. The largest absolute Gasteiger partial charge is 0.342 e. The minimum atomic E-state index is -0.855. The zero-order valence-corrected chi connectivity index (χ0v) is 16.5. The third-order valence-electron chi connectivity index (χ3n) is 6.53. The predicted molar refractivity (Wildman–Crippen MR) is 100 cm³/mol. The van der Waals surface area contributed by atoms with Crippen molar-refractivity contribution in [3.8, 4) is 0 Å². The highest BCUT2D eigenvalue weighted by Gasteiger charge is 2.56. The van der Waals surface area contributed by atoms with Gasteiger partial charge in [-0.3, -0.25) is 24.2 Å². The molecule has 5 amide bonds. The highest BCUT2D eigenvalue weighted by molar-refractivity contribution is 6.09. The molecular formula is C19H29N5O4. The van der Waals surface area contributed by atoms with Gasteiger partial charge in [0.25, 0.3) is 5.91 Å². The maximum atomic E-state index is 12.7. The van der Waals surface area contributed by atoms with Gasteiger partial charge in [0.1, 0.15) is 12.1 Å². The van der Waals surface area contributed by atoms with E-state index in [0.717, 1.165) is 43.7 Å². The van der Waals surface area contributed by atoms with Crippen molar-refractivity contribution in [3.63, 3.8) is 0 Å². The molecule has 0 spiro atoms. The standard InChI is InChI=1S/C19H29N5O4/c1-19(14-4-5-14)17(27)24(18(28)20-19)13-16(26)23-10-8-21(9-11-23)12-15(25)22-6-2-3-7-22/h14H,2-13H2,1H3,(H,20,28)/t19-/m0/s1. The summed E-state index contributed by atoms with van der Waals surface area (Å²) in [7, 11) is 0. The lowest BCUT2D eigenvalue weighted by Gasteiger charge is -2.35. The number of carbonyl (C=O) groups is 4. The van der Waals surface area contributed by atoms with E-state index in [1.54, 1.807) is 11.8 Å². The Morgan fingerprint density at radius 3 is 2.11 bits per heavy atom. The molecule has 0 aromatic heterocycles. The Labute approximate surface area is 165 Å². The maximum absolute atomic E-state index is 12.7. The first-order valence-corrected chi connectivity index (χ1v) is 10.3. The van der Waals surface area contributed by atoms with Crippen LogP contribution in [-0.2, 0) is 14.4 Å². The van der Waals surface area contributed by atoms with Gasteiger partial charge in [-0.15, -0.1) is 0 Å². The Balaban J connectivity index is 1.25. The lowest BCUT2D eigenvalue weighted by atomic mass is 9.96. The lowest BCUT2D eigenvalue weighted by Crippen LogP contribution is -2.53. The second-order valence-corrected chi connectivity index (χ2v) is 8.54. The Hall–Kier alpha value is -2.16. The van der Waals surface area contributed by atoms with Crippen LogP contribution in [0.25, 0.3) is 0 Å². The summed E-state index contributed by atoms with van der Waals surface area (Å²) in [5.41, 5.74) is -0.855. The van der Waals surface area contributed by atoms with Gasteiger partial charge in [0, 0.05) is 39.3 Å². The van der Waals surface area contributed by atoms with Crippen molar-refractivity contribution in [2.24, 2.45) is 5.92 Å². The van der Waals surface area contributed by atoms with Gasteiger partial charge in [0.2, 0.25) is 11.8 Å². The number of nitrogens with zero attached hydrogens (tertiary/aromatic N) is 4. The zero-order valence-electron chi connectivity index (χ0n) is 16.5. The van der Waals surface area contributed by atoms with Crippen LogP contribution in [0.4, 0.5) is 4.79 Å². The molecule has 9 nitrogen and oxygen atoms in total. The molecule has 1 atom stereocenters. The molecule has 0 aromatic carbocycles. The minimum absolute atomic E-state index is 0.163. The SMILES string of the molecule is C[C@@]1(C2CC2)NC(=O)N(CC(=O)N2CCN(CC(=O)N3CCCC3)CC2)C1=O. The fourth-order valence-electron chi connectivity index (χ4n) is 4.45. The first kappa shape index (κ1) is 19.2. The second kappa shape index (κ2) is 7.35. The van der Waals surface area contributed by atoms with Gasteiger partial charge in [-0.2, -0.15) is 0 Å². The van der Waals surface area contributed by atoms with Crippen LogP contribution in [0.2, 0.25) is 0 Å². The van der Waals surface area contributed by atoms with Gasteiger partial charge >= 0.3 is 6.03 Å². The Kier molecular flexibility index (Phi) is 5.03. The van der Waals surface area contributed by atoms with Crippen LogP contribution in [0.5, 0.6) is 0 Å². The number of amides is 5. The summed E-state index contributed by atoms with van der Waals surface area (Å²) in [5.74, 6) is -0.158. The fourth-order valence-corrected chi connectivity index (χ4v) is 4.45. The molecule has 28 heavy (non-hydrogen) atoms. The first-order valence-electron chi connectivity index (χ1n) is 10.3. The van der Waals surface area contributed by atoms with Crippen LogP contribution < -0.4 is 5.32 Å². The molecule has 0 radical (unpaired) electrons. The van der Waals surface area contributed by atoms with Crippen molar-refractivity contribution in [1.29, 1.82) is 0 Å². The summed E-state index contributed by atoms with van der Waals surface area (Å²) in [4.78, 5) is 56.5. The number of hydrogen-bond donors (Lipinski definition) is 1. The highest BCUT2D eigenvalue weighted by atomic mass is 16.2. The minimum Gasteiger partial charge on any atom is -0.342 e. The van der Waals surface area contributed by atoms with Gasteiger partial charge in [0.05, 0.1) is 6.54 Å². The van der Waals surface area contributed by atoms with E-state index in [1.165, 1.54) is 0 Å². The van der Waals surface area contributed by atoms with E-state index in [2.05, 4.69) is 10.2 Å². The molecule has 3 heterocycles. The number of likely N-dealkylation sites (tertiary alicyclic amines) is 1. The molecule has 1 saturated carbocycles. The van der Waals surface area contributed by atoms with Crippen LogP contribution in [0, 0.1) is 5.92 Å². The van der Waals surface area contributed by atoms with Crippen LogP contribution in [0.1, 0.15) is 32.6 Å². The second-order valence-electron chi connectivity index (χ2n) is 8.54. The van der Waals surface area contributed by atoms with E-state index in [4.69, 9.17) is 0 Å². The number of imide groups is 1. The summed E-state index contributed by atoms with van der Waals surface area (Å²) >= 11 is 0. The number of rotatable bonds is 5. The number of nitrogens with one attached hydrogen (secondary N) is 1. The molecule has 3 saturated heterocycles. The van der Waals surface area contributed by atoms with Gasteiger partial charge in [-0.05, 0) is 38.5 Å². The lowest BCUT2D eigenvalue weighted by molar-refractivity contribution is -0.140. The van der Waals surface area contributed by atoms with Gasteiger partial charge in [0.15, 0.2) is 0 Å². The smallest absolute Gasteiger partial charge is 0.325 e. The van der Waals surface area contributed by atoms with Crippen molar-refractivity contribution in [2.75, 3.05) is 52.4 Å². The normalized spacial score (nSPS) is 28.8. The summed E-state index contributed by atoms with van der Waals surface area (Å²) in [6.07, 6.45) is 4.03. The summed E-state index contributed by atoms with van der Waals surface area (Å²) in [6, 6.07) is -0.470. The zero-order chi connectivity index (χ0) is 19.9. The molecule has 0 bridgehead atoms. The van der Waals surface area contributed by atoms with E-state index in [-0.39, 0.29) is 30.2 Å². The van der Waals surface area contributed by atoms with E-state index in [1.807, 2.05) is 4.90 Å². The van der Waals surface area contributed by atoms with Crippen LogP contribution in [-0.4, -0.2) is 101 Å². The monoisotopic (exact) mass is 391 g/mol. The highest BCUT2D eigenvalue weighted by Crippen LogP contribution is 2.42. The Bertz CT molecular complexity index is 680. The number of piperazine rings is 1. The molecule has 154 valence electrons. The molecule has 1 N–H and O–H groups in total. The molecule has 0 aromatic rings. The quantitative estimate of drug-likeness (QED) is 0.636. The van der Waals surface area contributed by atoms with E-state index >= 15 is 0 Å². The van der Waals surface area contributed by atoms with Crippen molar-refractivity contribution in [1.82, 2.24) is 24.9 Å². The molecule has 0 unspecified atom stereocenters. The van der Waals surface area contributed by atoms with E-state index in [0.29, 0.717) is 32.7 Å². The average Bonchev–Trinajstić information content (AvgIpc) is 3.35. The number of urea groups is 1. The Morgan fingerprint density at radius 2 is 1.50 bits per heavy atom. The summed E-state index contributed by atoms with van der Waals surface area (Å²) in [6.45, 7) is 5.92. The molecule has 1 aliphatic carbocycles. The van der Waals surface area contributed by atoms with Crippen LogP contribution >= 0.6 is 0 Å². The fraction of sp³-hybridized carbons (Fsp3) is 0.789. The van der Waals surface area contributed by atoms with Crippen molar-refractivity contribution in [3.05, 3.63) is 0 Å². The van der Waals surface area contributed by atoms with Crippen molar-refractivity contribution < 1.29 is 19.2 Å². The molecule has 4 aliphatic rings. The van der Waals surface area contributed by atoms with Crippen LogP contribution in [0.3, 0.4) is 0 Å². The molecule has 4 fully saturated rings. The number of carbonyl (C=O) groups excluding carboxylic acids is 4. The molecule has 9 heteroatoms. The molecule has 4 rings (SSSR count). The van der Waals surface area contributed by atoms with Gasteiger partial charge in [-0.25, -0.2) is 4.79 Å². The van der Waals surface area contributed by atoms with Crippen LogP contribution in [0.15, 0.2) is 0 Å². The summed E-state index contributed by atoms with van der Waals surface area (Å²) in [5, 5.41) is 2.77. The Morgan fingerprint density at radius 1 is 0.929 bits per heavy atom.